The van der Waals surface area contributed by atoms with E-state index in [1.807, 2.05) is 24.1 Å². The van der Waals surface area contributed by atoms with Gasteiger partial charge in [0.25, 0.3) is 5.91 Å². The molecule has 2 aromatic rings. The maximum Gasteiger partial charge on any atom is 0.254 e. The number of aromatic amines is 2. The number of hydrogen-bond donors (Lipinski definition) is 2. The van der Waals surface area contributed by atoms with Gasteiger partial charge in [0, 0.05) is 35.6 Å². The topological polar surface area (TPSA) is 81.8 Å². The first-order valence-corrected chi connectivity index (χ1v) is 8.22. The van der Waals surface area contributed by atoms with Gasteiger partial charge in [-0.2, -0.15) is 5.10 Å². The zero-order valence-electron chi connectivity index (χ0n) is 13.3. The van der Waals surface area contributed by atoms with Gasteiger partial charge in [0.1, 0.15) is 0 Å². The minimum absolute atomic E-state index is 0.0314. The molecule has 0 aliphatic carbocycles. The number of aromatic nitrogens is 3. The van der Waals surface area contributed by atoms with Crippen molar-refractivity contribution in [2.75, 3.05) is 6.54 Å². The number of H-pyrrole nitrogens is 2. The second-order valence-electron chi connectivity index (χ2n) is 6.05. The monoisotopic (exact) mass is 314 g/mol. The van der Waals surface area contributed by atoms with Crippen molar-refractivity contribution < 1.29 is 4.79 Å². The van der Waals surface area contributed by atoms with Crippen LogP contribution in [0.15, 0.2) is 29.3 Å². The molecule has 1 unspecified atom stereocenters. The fourth-order valence-corrected chi connectivity index (χ4v) is 3.26. The summed E-state index contributed by atoms with van der Waals surface area (Å²) in [5, 5.41) is 6.82. The van der Waals surface area contributed by atoms with Gasteiger partial charge in [0.05, 0.1) is 12.2 Å². The second kappa shape index (κ2) is 6.81. The minimum atomic E-state index is -0.212. The number of nitrogens with one attached hydrogen (secondary N) is 2. The third-order valence-corrected chi connectivity index (χ3v) is 4.33. The van der Waals surface area contributed by atoms with Crippen LogP contribution in [0.3, 0.4) is 0 Å². The lowest BCUT2D eigenvalue weighted by Gasteiger charge is -2.35. The van der Waals surface area contributed by atoms with Crippen LogP contribution in [0.2, 0.25) is 0 Å². The van der Waals surface area contributed by atoms with Crippen LogP contribution in [0, 0.1) is 0 Å². The third-order valence-electron chi connectivity index (χ3n) is 4.33. The van der Waals surface area contributed by atoms with E-state index < -0.39 is 0 Å². The lowest BCUT2D eigenvalue weighted by Crippen LogP contribution is -2.38. The molecule has 2 N–H and O–H groups in total. The van der Waals surface area contributed by atoms with Gasteiger partial charge in [0.2, 0.25) is 5.56 Å². The Bertz CT molecular complexity index is 720. The Kier molecular flexibility index (Phi) is 4.60. The maximum absolute atomic E-state index is 13.0. The standard InChI is InChI=1S/C17H22N4O2/c1-2-5-14-8-12(9-16(22)20-14)17(23)21-7-4-3-6-15(21)13-10-18-19-11-13/h8-11,15H,2-7H2,1H3,(H,18,19)(H,20,22). The smallest absolute Gasteiger partial charge is 0.254 e. The fraction of sp³-hybridized carbons (Fsp3) is 0.471. The SMILES string of the molecule is CCCc1cc(C(=O)N2CCCCC2c2cn[nH]c2)cc(=O)[nH]1. The average molecular weight is 314 g/mol. The summed E-state index contributed by atoms with van der Waals surface area (Å²) in [6, 6.07) is 3.25. The van der Waals surface area contributed by atoms with Crippen molar-refractivity contribution in [3.63, 3.8) is 0 Å². The van der Waals surface area contributed by atoms with Crippen LogP contribution >= 0.6 is 0 Å². The van der Waals surface area contributed by atoms with Gasteiger partial charge in [-0.25, -0.2) is 0 Å². The molecule has 0 saturated carbocycles. The molecule has 0 bridgehead atoms. The predicted octanol–water partition coefficient (Wildman–Crippen LogP) is 2.42. The Labute approximate surface area is 134 Å². The summed E-state index contributed by atoms with van der Waals surface area (Å²) in [6.07, 6.45) is 8.32. The lowest BCUT2D eigenvalue weighted by molar-refractivity contribution is 0.0611. The number of carbonyl (C=O) groups excluding carboxylic acids is 1. The van der Waals surface area contributed by atoms with E-state index >= 15 is 0 Å². The van der Waals surface area contributed by atoms with Crippen LogP contribution in [0.1, 0.15) is 60.3 Å². The molecule has 1 fully saturated rings. The number of piperidine rings is 1. The van der Waals surface area contributed by atoms with Crippen molar-refractivity contribution >= 4 is 5.91 Å². The summed E-state index contributed by atoms with van der Waals surface area (Å²) >= 11 is 0. The highest BCUT2D eigenvalue weighted by molar-refractivity contribution is 5.94. The van der Waals surface area contributed by atoms with Gasteiger partial charge in [-0.05, 0) is 31.7 Å². The van der Waals surface area contributed by atoms with Crippen LogP contribution in [0.25, 0.3) is 0 Å². The van der Waals surface area contributed by atoms with E-state index in [2.05, 4.69) is 15.2 Å². The fourth-order valence-electron chi connectivity index (χ4n) is 3.26. The summed E-state index contributed by atoms with van der Waals surface area (Å²) in [5.41, 5.74) is 2.11. The summed E-state index contributed by atoms with van der Waals surface area (Å²) in [6.45, 7) is 2.76. The van der Waals surface area contributed by atoms with Crippen molar-refractivity contribution in [3.05, 3.63) is 51.7 Å². The van der Waals surface area contributed by atoms with E-state index in [0.717, 1.165) is 43.4 Å². The van der Waals surface area contributed by atoms with Crippen molar-refractivity contribution in [1.29, 1.82) is 0 Å². The number of likely N-dealkylation sites (tertiary alicyclic amines) is 1. The van der Waals surface area contributed by atoms with Crippen LogP contribution < -0.4 is 5.56 Å². The van der Waals surface area contributed by atoms with E-state index in [-0.39, 0.29) is 17.5 Å². The number of amides is 1. The van der Waals surface area contributed by atoms with Gasteiger partial charge in [-0.1, -0.05) is 13.3 Å². The molecule has 1 aliphatic rings. The molecule has 6 heteroatoms. The van der Waals surface area contributed by atoms with Crippen molar-refractivity contribution in [1.82, 2.24) is 20.1 Å². The Morgan fingerprint density at radius 3 is 3.00 bits per heavy atom. The highest BCUT2D eigenvalue weighted by Crippen LogP contribution is 2.31. The average Bonchev–Trinajstić information content (AvgIpc) is 3.08. The second-order valence-corrected chi connectivity index (χ2v) is 6.05. The normalized spacial score (nSPS) is 18.1. The molecule has 1 atom stereocenters. The highest BCUT2D eigenvalue weighted by atomic mass is 16.2. The van der Waals surface area contributed by atoms with E-state index in [1.165, 1.54) is 6.07 Å². The van der Waals surface area contributed by atoms with Crippen molar-refractivity contribution in [2.45, 2.75) is 45.1 Å². The van der Waals surface area contributed by atoms with E-state index in [1.54, 1.807) is 6.20 Å². The minimum Gasteiger partial charge on any atom is -0.331 e. The maximum atomic E-state index is 13.0. The molecule has 6 nitrogen and oxygen atoms in total. The van der Waals surface area contributed by atoms with Gasteiger partial charge in [-0.15, -0.1) is 0 Å². The summed E-state index contributed by atoms with van der Waals surface area (Å²) in [5.74, 6) is -0.0700. The van der Waals surface area contributed by atoms with Crippen LogP contribution in [0.5, 0.6) is 0 Å². The van der Waals surface area contributed by atoms with Crippen molar-refractivity contribution in [2.24, 2.45) is 0 Å². The van der Waals surface area contributed by atoms with E-state index in [9.17, 15) is 9.59 Å². The molecule has 122 valence electrons. The first-order chi connectivity index (χ1) is 11.2. The number of rotatable bonds is 4. The molecule has 0 aromatic carbocycles. The van der Waals surface area contributed by atoms with E-state index in [4.69, 9.17) is 0 Å². The molecular weight excluding hydrogens is 292 g/mol. The van der Waals surface area contributed by atoms with Crippen molar-refractivity contribution in [3.8, 4) is 0 Å². The Morgan fingerprint density at radius 2 is 2.26 bits per heavy atom. The molecule has 0 spiro atoms. The zero-order chi connectivity index (χ0) is 16.2. The van der Waals surface area contributed by atoms with E-state index in [0.29, 0.717) is 12.1 Å². The first kappa shape index (κ1) is 15.5. The molecule has 23 heavy (non-hydrogen) atoms. The molecule has 3 rings (SSSR count). The summed E-state index contributed by atoms with van der Waals surface area (Å²) in [7, 11) is 0. The van der Waals surface area contributed by atoms with Gasteiger partial charge in [-0.3, -0.25) is 14.7 Å². The third kappa shape index (κ3) is 3.36. The Hall–Kier alpha value is -2.37. The number of aryl methyl sites for hydroxylation is 1. The molecule has 1 saturated heterocycles. The van der Waals surface area contributed by atoms with Gasteiger partial charge < -0.3 is 9.88 Å². The number of nitrogens with zero attached hydrogens (tertiary/aromatic N) is 2. The van der Waals surface area contributed by atoms with Crippen LogP contribution in [-0.4, -0.2) is 32.5 Å². The molecule has 2 aromatic heterocycles. The van der Waals surface area contributed by atoms with Crippen LogP contribution in [0.4, 0.5) is 0 Å². The molecule has 3 heterocycles. The first-order valence-electron chi connectivity index (χ1n) is 8.22. The quantitative estimate of drug-likeness (QED) is 0.909. The zero-order valence-corrected chi connectivity index (χ0v) is 13.3. The highest BCUT2D eigenvalue weighted by Gasteiger charge is 2.29. The van der Waals surface area contributed by atoms with Crippen LogP contribution in [-0.2, 0) is 6.42 Å². The Balaban J connectivity index is 1.90. The summed E-state index contributed by atoms with van der Waals surface area (Å²) < 4.78 is 0. The molecule has 1 aliphatic heterocycles. The molecule has 0 radical (unpaired) electrons. The largest absolute Gasteiger partial charge is 0.331 e. The Morgan fingerprint density at radius 1 is 1.39 bits per heavy atom. The molecule has 1 amide bonds. The van der Waals surface area contributed by atoms with Gasteiger partial charge >= 0.3 is 0 Å². The number of pyridine rings is 1. The van der Waals surface area contributed by atoms with Gasteiger partial charge in [0.15, 0.2) is 0 Å². The predicted molar refractivity (Wildman–Crippen MR) is 87.3 cm³/mol. The summed E-state index contributed by atoms with van der Waals surface area (Å²) in [4.78, 5) is 29.5. The number of carbonyl (C=O) groups is 1. The number of hydrogen-bond acceptors (Lipinski definition) is 3. The molecular formula is C17H22N4O2. The lowest BCUT2D eigenvalue weighted by atomic mass is 9.96.